The van der Waals surface area contributed by atoms with Gasteiger partial charge in [-0.15, -0.1) is 0 Å². The van der Waals surface area contributed by atoms with Crippen LogP contribution in [-0.4, -0.2) is 11.2 Å². The van der Waals surface area contributed by atoms with Crippen LogP contribution in [0.3, 0.4) is 0 Å². The number of hydrogen-bond acceptors (Lipinski definition) is 2. The number of benzene rings is 2. The highest BCUT2D eigenvalue weighted by molar-refractivity contribution is 5.82. The summed E-state index contributed by atoms with van der Waals surface area (Å²) in [6.07, 6.45) is 0.918. The molecule has 0 aromatic heterocycles. The maximum atomic E-state index is 8.63. The van der Waals surface area contributed by atoms with Crippen LogP contribution in [0.5, 0.6) is 0 Å². The molecule has 0 radical (unpaired) electrons. The number of fused-ring (bicyclic) bond motifs is 3. The summed E-state index contributed by atoms with van der Waals surface area (Å²) in [4.78, 5) is 4.05. The molecule has 4 N–H and O–H groups in total. The standard InChI is InChI=1S/C14H13N3O/c15-14(17-18)16-11-5-6-13-10(8-11)7-9-3-1-2-4-12(9)13/h1-6,8,18H,7H2,(H3,15,16,17). The van der Waals surface area contributed by atoms with Gasteiger partial charge >= 0.3 is 0 Å². The summed E-state index contributed by atoms with van der Waals surface area (Å²) in [5.41, 5.74) is 13.1. The highest BCUT2D eigenvalue weighted by Crippen LogP contribution is 2.37. The average Bonchev–Trinajstić information content (AvgIpc) is 2.76. The average molecular weight is 239 g/mol. The van der Waals surface area contributed by atoms with E-state index in [0.29, 0.717) is 0 Å². The molecule has 1 aliphatic rings. The Hall–Kier alpha value is -2.33. The predicted octanol–water partition coefficient (Wildman–Crippen LogP) is 2.18. The molecule has 2 aromatic carbocycles. The summed E-state index contributed by atoms with van der Waals surface area (Å²) in [6, 6.07) is 14.3. The third-order valence-electron chi connectivity index (χ3n) is 3.14. The third kappa shape index (κ3) is 1.72. The fourth-order valence-corrected chi connectivity index (χ4v) is 2.37. The predicted molar refractivity (Wildman–Crippen MR) is 70.9 cm³/mol. The van der Waals surface area contributed by atoms with Gasteiger partial charge in [-0.2, -0.15) is 0 Å². The lowest BCUT2D eigenvalue weighted by molar-refractivity contribution is 0.233. The first-order valence-corrected chi connectivity index (χ1v) is 5.73. The van der Waals surface area contributed by atoms with Crippen LogP contribution in [0.4, 0.5) is 5.69 Å². The second-order valence-electron chi connectivity index (χ2n) is 4.28. The van der Waals surface area contributed by atoms with Gasteiger partial charge in [-0.25, -0.2) is 10.5 Å². The first kappa shape index (κ1) is 10.8. The van der Waals surface area contributed by atoms with Gasteiger partial charge in [0.15, 0.2) is 0 Å². The van der Waals surface area contributed by atoms with Crippen molar-refractivity contribution in [3.8, 4) is 11.1 Å². The molecule has 0 atom stereocenters. The molecule has 0 aliphatic heterocycles. The molecule has 4 heteroatoms. The van der Waals surface area contributed by atoms with E-state index in [1.165, 1.54) is 22.3 Å². The summed E-state index contributed by atoms with van der Waals surface area (Å²) in [5, 5.41) is 8.63. The quantitative estimate of drug-likeness (QED) is 0.346. The van der Waals surface area contributed by atoms with Crippen molar-refractivity contribution in [3.05, 3.63) is 53.6 Å². The molecule has 90 valence electrons. The van der Waals surface area contributed by atoms with E-state index in [1.54, 1.807) is 0 Å². The van der Waals surface area contributed by atoms with Gasteiger partial charge in [-0.05, 0) is 40.8 Å². The van der Waals surface area contributed by atoms with Gasteiger partial charge in [0, 0.05) is 0 Å². The fraction of sp³-hybridized carbons (Fsp3) is 0.0714. The number of guanidine groups is 1. The van der Waals surface area contributed by atoms with Gasteiger partial charge in [0.25, 0.3) is 0 Å². The Bertz CT molecular complexity index is 635. The van der Waals surface area contributed by atoms with E-state index in [0.717, 1.165) is 12.1 Å². The van der Waals surface area contributed by atoms with E-state index >= 15 is 0 Å². The lowest BCUT2D eigenvalue weighted by Crippen LogP contribution is -2.27. The van der Waals surface area contributed by atoms with Crippen LogP contribution in [0.25, 0.3) is 11.1 Å². The SMILES string of the molecule is NC(=Nc1ccc2c(c1)Cc1ccccc1-2)NO. The highest BCUT2D eigenvalue weighted by atomic mass is 16.5. The summed E-state index contributed by atoms with van der Waals surface area (Å²) < 4.78 is 0. The van der Waals surface area contributed by atoms with Crippen molar-refractivity contribution in [2.45, 2.75) is 6.42 Å². The molecular weight excluding hydrogens is 226 g/mol. The molecule has 0 spiro atoms. The highest BCUT2D eigenvalue weighted by Gasteiger charge is 2.17. The normalized spacial score (nSPS) is 13.1. The lowest BCUT2D eigenvalue weighted by atomic mass is 10.1. The molecule has 0 unspecified atom stereocenters. The molecule has 0 saturated carbocycles. The van der Waals surface area contributed by atoms with Gasteiger partial charge in [0.1, 0.15) is 0 Å². The first-order chi connectivity index (χ1) is 8.78. The number of nitrogens with zero attached hydrogens (tertiary/aromatic N) is 1. The molecule has 2 aromatic rings. The summed E-state index contributed by atoms with van der Waals surface area (Å²) in [7, 11) is 0. The van der Waals surface area contributed by atoms with E-state index in [2.05, 4.69) is 23.2 Å². The molecule has 4 nitrogen and oxygen atoms in total. The van der Waals surface area contributed by atoms with Crippen LogP contribution < -0.4 is 11.2 Å². The molecule has 0 fully saturated rings. The van der Waals surface area contributed by atoms with Gasteiger partial charge in [0.2, 0.25) is 5.96 Å². The number of rotatable bonds is 1. The minimum Gasteiger partial charge on any atom is -0.368 e. The van der Waals surface area contributed by atoms with E-state index in [4.69, 9.17) is 10.9 Å². The maximum Gasteiger partial charge on any atom is 0.218 e. The molecule has 0 bridgehead atoms. The summed E-state index contributed by atoms with van der Waals surface area (Å²) in [5.74, 6) is -0.00883. The van der Waals surface area contributed by atoms with E-state index < -0.39 is 0 Å². The fourth-order valence-electron chi connectivity index (χ4n) is 2.37. The van der Waals surface area contributed by atoms with Crippen molar-refractivity contribution >= 4 is 11.6 Å². The Morgan fingerprint density at radius 2 is 1.89 bits per heavy atom. The summed E-state index contributed by atoms with van der Waals surface area (Å²) >= 11 is 0. The zero-order chi connectivity index (χ0) is 12.5. The third-order valence-corrected chi connectivity index (χ3v) is 3.14. The second kappa shape index (κ2) is 4.16. The number of nitrogens with two attached hydrogens (primary N) is 1. The Morgan fingerprint density at radius 1 is 1.11 bits per heavy atom. The monoisotopic (exact) mass is 239 g/mol. The van der Waals surface area contributed by atoms with Crippen LogP contribution in [0.15, 0.2) is 47.5 Å². The van der Waals surface area contributed by atoms with Crippen molar-refractivity contribution in [1.29, 1.82) is 0 Å². The molecule has 0 amide bonds. The molecule has 3 rings (SSSR count). The van der Waals surface area contributed by atoms with Crippen LogP contribution in [-0.2, 0) is 6.42 Å². The topological polar surface area (TPSA) is 70.6 Å². The number of aliphatic imine (C=N–C) groups is 1. The molecular formula is C14H13N3O. The minimum atomic E-state index is -0.00883. The van der Waals surface area contributed by atoms with Gasteiger partial charge in [-0.1, -0.05) is 30.3 Å². The van der Waals surface area contributed by atoms with E-state index in [-0.39, 0.29) is 5.96 Å². The van der Waals surface area contributed by atoms with E-state index in [1.807, 2.05) is 29.7 Å². The zero-order valence-electron chi connectivity index (χ0n) is 9.72. The van der Waals surface area contributed by atoms with Crippen LogP contribution >= 0.6 is 0 Å². The Kier molecular flexibility index (Phi) is 2.50. The number of hydroxylamine groups is 1. The van der Waals surface area contributed by atoms with Crippen LogP contribution in [0.2, 0.25) is 0 Å². The van der Waals surface area contributed by atoms with Crippen LogP contribution in [0.1, 0.15) is 11.1 Å². The molecule has 0 heterocycles. The Labute approximate surface area is 105 Å². The van der Waals surface area contributed by atoms with E-state index in [9.17, 15) is 0 Å². The number of nitrogens with one attached hydrogen (secondary N) is 1. The van der Waals surface area contributed by atoms with Gasteiger partial charge in [0.05, 0.1) is 5.69 Å². The smallest absolute Gasteiger partial charge is 0.218 e. The number of hydrogen-bond donors (Lipinski definition) is 3. The van der Waals surface area contributed by atoms with Crippen molar-refractivity contribution in [3.63, 3.8) is 0 Å². The van der Waals surface area contributed by atoms with Gasteiger partial charge < -0.3 is 5.73 Å². The maximum absolute atomic E-state index is 8.63. The zero-order valence-corrected chi connectivity index (χ0v) is 9.72. The molecule has 0 saturated heterocycles. The molecule has 18 heavy (non-hydrogen) atoms. The summed E-state index contributed by atoms with van der Waals surface area (Å²) in [6.45, 7) is 0. The minimum absolute atomic E-state index is 0.00883. The Morgan fingerprint density at radius 3 is 2.72 bits per heavy atom. The first-order valence-electron chi connectivity index (χ1n) is 5.73. The lowest BCUT2D eigenvalue weighted by Gasteiger charge is -2.02. The van der Waals surface area contributed by atoms with Crippen molar-refractivity contribution in [2.75, 3.05) is 0 Å². The Balaban J connectivity index is 2.03. The van der Waals surface area contributed by atoms with Gasteiger partial charge in [-0.3, -0.25) is 5.21 Å². The van der Waals surface area contributed by atoms with Crippen molar-refractivity contribution < 1.29 is 5.21 Å². The van der Waals surface area contributed by atoms with Crippen molar-refractivity contribution in [1.82, 2.24) is 5.48 Å². The van der Waals surface area contributed by atoms with Crippen molar-refractivity contribution in [2.24, 2.45) is 10.7 Å². The van der Waals surface area contributed by atoms with Crippen LogP contribution in [0, 0.1) is 0 Å². The molecule has 1 aliphatic carbocycles. The largest absolute Gasteiger partial charge is 0.368 e. The second-order valence-corrected chi connectivity index (χ2v) is 4.28.